The lowest BCUT2D eigenvalue weighted by Crippen LogP contribution is -2.39. The second kappa shape index (κ2) is 7.69. The van der Waals surface area contributed by atoms with E-state index in [2.05, 4.69) is 10.3 Å². The van der Waals surface area contributed by atoms with Crippen LogP contribution in [0, 0.1) is 13.8 Å². The van der Waals surface area contributed by atoms with E-state index in [0.717, 1.165) is 35.6 Å². The lowest BCUT2D eigenvalue weighted by Gasteiger charge is -2.31. The van der Waals surface area contributed by atoms with Crippen molar-refractivity contribution in [1.82, 2.24) is 24.4 Å². The minimum absolute atomic E-state index is 0.0827. The summed E-state index contributed by atoms with van der Waals surface area (Å²) in [5, 5.41) is 8.43. The van der Waals surface area contributed by atoms with Gasteiger partial charge in [0.1, 0.15) is 11.6 Å². The summed E-state index contributed by atoms with van der Waals surface area (Å²) >= 11 is 0. The number of hydrogen-bond acceptors (Lipinski definition) is 5. The Kier molecular flexibility index (Phi) is 5.08. The van der Waals surface area contributed by atoms with Crippen LogP contribution < -0.4 is 5.69 Å². The molecule has 1 aliphatic heterocycles. The van der Waals surface area contributed by atoms with E-state index < -0.39 is 0 Å². The molecular formula is C21H25N5O3. The van der Waals surface area contributed by atoms with Crippen molar-refractivity contribution < 1.29 is 9.32 Å². The number of carbonyl (C=O) groups is 1. The number of amides is 1. The highest BCUT2D eigenvalue weighted by Gasteiger charge is 2.29. The monoisotopic (exact) mass is 395 g/mol. The molecule has 0 bridgehead atoms. The molecule has 3 heterocycles. The highest BCUT2D eigenvalue weighted by Crippen LogP contribution is 2.28. The molecule has 1 fully saturated rings. The number of carbonyl (C=O) groups excluding carboxylic acids is 1. The molecule has 0 atom stereocenters. The van der Waals surface area contributed by atoms with Gasteiger partial charge in [-0.1, -0.05) is 23.4 Å². The van der Waals surface area contributed by atoms with E-state index in [1.54, 1.807) is 11.6 Å². The van der Waals surface area contributed by atoms with Gasteiger partial charge in [-0.2, -0.15) is 5.10 Å². The summed E-state index contributed by atoms with van der Waals surface area (Å²) in [5.74, 6) is 1.68. The quantitative estimate of drug-likeness (QED) is 0.675. The Labute approximate surface area is 168 Å². The van der Waals surface area contributed by atoms with Gasteiger partial charge in [0.05, 0.1) is 17.8 Å². The van der Waals surface area contributed by atoms with Crippen LogP contribution in [-0.4, -0.2) is 43.4 Å². The van der Waals surface area contributed by atoms with Crippen molar-refractivity contribution in [3.8, 4) is 5.69 Å². The maximum atomic E-state index is 12.7. The number of aromatic nitrogens is 4. The van der Waals surface area contributed by atoms with Gasteiger partial charge in [-0.05, 0) is 38.8 Å². The number of benzene rings is 1. The molecule has 1 amide bonds. The fraction of sp³-hybridized carbons (Fsp3) is 0.429. The van der Waals surface area contributed by atoms with Gasteiger partial charge in [0.25, 0.3) is 0 Å². The van der Waals surface area contributed by atoms with Gasteiger partial charge in [-0.15, -0.1) is 0 Å². The highest BCUT2D eigenvalue weighted by atomic mass is 16.5. The van der Waals surface area contributed by atoms with Crippen LogP contribution in [-0.2, 0) is 18.3 Å². The summed E-state index contributed by atoms with van der Waals surface area (Å²) in [6.45, 7) is 4.98. The van der Waals surface area contributed by atoms with Gasteiger partial charge in [0, 0.05) is 31.6 Å². The van der Waals surface area contributed by atoms with Gasteiger partial charge in [0.2, 0.25) is 5.91 Å². The molecule has 0 radical (unpaired) electrons. The lowest BCUT2D eigenvalue weighted by atomic mass is 9.95. The van der Waals surface area contributed by atoms with Gasteiger partial charge >= 0.3 is 5.69 Å². The van der Waals surface area contributed by atoms with Crippen molar-refractivity contribution in [3.05, 3.63) is 63.7 Å². The largest absolute Gasteiger partial charge is 0.361 e. The van der Waals surface area contributed by atoms with Gasteiger partial charge in [-0.25, -0.2) is 14.0 Å². The molecule has 1 aliphatic rings. The number of likely N-dealkylation sites (tertiary alicyclic amines) is 1. The summed E-state index contributed by atoms with van der Waals surface area (Å²) < 4.78 is 8.24. The first-order valence-corrected chi connectivity index (χ1v) is 9.86. The molecule has 0 aliphatic carbocycles. The molecule has 8 heteroatoms. The zero-order valence-corrected chi connectivity index (χ0v) is 17.0. The first-order valence-electron chi connectivity index (χ1n) is 9.86. The summed E-state index contributed by atoms with van der Waals surface area (Å²) in [5.41, 5.74) is 2.31. The Bertz CT molecular complexity index is 1050. The van der Waals surface area contributed by atoms with Crippen molar-refractivity contribution in [2.24, 2.45) is 7.05 Å². The molecule has 152 valence electrons. The number of rotatable bonds is 4. The molecule has 2 aromatic heterocycles. The van der Waals surface area contributed by atoms with Crippen LogP contribution in [0.2, 0.25) is 0 Å². The average molecular weight is 395 g/mol. The summed E-state index contributed by atoms with van der Waals surface area (Å²) in [6, 6.07) is 9.57. The predicted octanol–water partition coefficient (Wildman–Crippen LogP) is 2.12. The molecule has 0 spiro atoms. The number of aryl methyl sites for hydroxylation is 3. The zero-order chi connectivity index (χ0) is 20.5. The molecule has 8 nitrogen and oxygen atoms in total. The van der Waals surface area contributed by atoms with E-state index in [0.29, 0.717) is 25.3 Å². The van der Waals surface area contributed by atoms with Gasteiger partial charge < -0.3 is 9.42 Å². The first-order chi connectivity index (χ1) is 14.0. The fourth-order valence-corrected chi connectivity index (χ4v) is 3.97. The normalized spacial score (nSPS) is 15.1. The van der Waals surface area contributed by atoms with Crippen molar-refractivity contribution >= 4 is 5.91 Å². The van der Waals surface area contributed by atoms with Crippen LogP contribution in [0.4, 0.5) is 0 Å². The van der Waals surface area contributed by atoms with Crippen LogP contribution >= 0.6 is 0 Å². The van der Waals surface area contributed by atoms with Crippen LogP contribution in [0.15, 0.2) is 39.6 Å². The first kappa shape index (κ1) is 19.2. The summed E-state index contributed by atoms with van der Waals surface area (Å²) in [6.07, 6.45) is 1.86. The number of hydrogen-bond donors (Lipinski definition) is 0. The number of para-hydroxylation sites is 1. The molecule has 4 rings (SSSR count). The Balaban J connectivity index is 1.49. The maximum Gasteiger partial charge on any atom is 0.350 e. The summed E-state index contributed by atoms with van der Waals surface area (Å²) in [7, 11) is 1.67. The van der Waals surface area contributed by atoms with E-state index in [1.807, 2.05) is 49.1 Å². The van der Waals surface area contributed by atoms with E-state index in [-0.39, 0.29) is 17.5 Å². The third kappa shape index (κ3) is 3.62. The molecule has 29 heavy (non-hydrogen) atoms. The standard InChI is InChI=1S/C21H25N5O3/c1-14-18(15(2)29-23-14)13-19(27)25-11-9-16(10-12-25)20-22-24(3)21(28)26(20)17-7-5-4-6-8-17/h4-8,16H,9-13H2,1-3H3. The Morgan fingerprint density at radius 1 is 1.17 bits per heavy atom. The Hall–Kier alpha value is -3.16. The minimum Gasteiger partial charge on any atom is -0.361 e. The Morgan fingerprint density at radius 3 is 2.48 bits per heavy atom. The van der Waals surface area contributed by atoms with Crippen LogP contribution in [0.1, 0.15) is 41.6 Å². The molecule has 1 aromatic carbocycles. The van der Waals surface area contributed by atoms with E-state index in [4.69, 9.17) is 4.52 Å². The molecular weight excluding hydrogens is 370 g/mol. The van der Waals surface area contributed by atoms with E-state index in [9.17, 15) is 9.59 Å². The van der Waals surface area contributed by atoms with E-state index in [1.165, 1.54) is 4.68 Å². The predicted molar refractivity (Wildman–Crippen MR) is 107 cm³/mol. The SMILES string of the molecule is Cc1noc(C)c1CC(=O)N1CCC(c2nn(C)c(=O)n2-c2ccccc2)CC1. The van der Waals surface area contributed by atoms with Crippen LogP contribution in [0.5, 0.6) is 0 Å². The van der Waals surface area contributed by atoms with Crippen LogP contribution in [0.25, 0.3) is 5.69 Å². The maximum absolute atomic E-state index is 12.7. The lowest BCUT2D eigenvalue weighted by molar-refractivity contribution is -0.131. The van der Waals surface area contributed by atoms with Crippen molar-refractivity contribution in [2.45, 2.75) is 39.0 Å². The van der Waals surface area contributed by atoms with Crippen molar-refractivity contribution in [1.29, 1.82) is 0 Å². The highest BCUT2D eigenvalue weighted by molar-refractivity contribution is 5.79. The minimum atomic E-state index is -0.150. The smallest absolute Gasteiger partial charge is 0.350 e. The fourth-order valence-electron chi connectivity index (χ4n) is 3.97. The zero-order valence-electron chi connectivity index (χ0n) is 17.0. The third-order valence-corrected chi connectivity index (χ3v) is 5.69. The van der Waals surface area contributed by atoms with Gasteiger partial charge in [-0.3, -0.25) is 4.79 Å². The molecule has 0 N–H and O–H groups in total. The number of nitrogens with zero attached hydrogens (tertiary/aromatic N) is 5. The van der Waals surface area contributed by atoms with Crippen LogP contribution in [0.3, 0.4) is 0 Å². The number of piperidine rings is 1. The summed E-state index contributed by atoms with van der Waals surface area (Å²) in [4.78, 5) is 27.3. The topological polar surface area (TPSA) is 86.2 Å². The molecule has 0 unspecified atom stereocenters. The Morgan fingerprint density at radius 2 is 1.86 bits per heavy atom. The van der Waals surface area contributed by atoms with Gasteiger partial charge in [0.15, 0.2) is 0 Å². The van der Waals surface area contributed by atoms with Crippen molar-refractivity contribution in [2.75, 3.05) is 13.1 Å². The average Bonchev–Trinajstić information content (AvgIpc) is 3.22. The third-order valence-electron chi connectivity index (χ3n) is 5.69. The van der Waals surface area contributed by atoms with E-state index >= 15 is 0 Å². The molecule has 3 aromatic rings. The van der Waals surface area contributed by atoms with Crippen molar-refractivity contribution in [3.63, 3.8) is 0 Å². The second-order valence-electron chi connectivity index (χ2n) is 7.57. The second-order valence-corrected chi connectivity index (χ2v) is 7.57. The molecule has 1 saturated heterocycles. The molecule has 0 saturated carbocycles.